The minimum Gasteiger partial charge on any atom is -0.381 e. The molecule has 0 saturated carbocycles. The van der Waals surface area contributed by atoms with E-state index in [-0.39, 0.29) is 0 Å². The van der Waals surface area contributed by atoms with Gasteiger partial charge < -0.3 is 21.1 Å². The normalized spacial score (nSPS) is 18.8. The Morgan fingerprint density at radius 1 is 1.39 bits per heavy atom. The van der Waals surface area contributed by atoms with E-state index in [9.17, 15) is 0 Å². The fraction of sp³-hybridized carbons (Fsp3) is 0.667. The minimum absolute atomic E-state index is 0.292. The first-order valence-electron chi connectivity index (χ1n) is 6.48. The average molecular weight is 251 g/mol. The second kappa shape index (κ2) is 6.39. The van der Waals surface area contributed by atoms with Crippen molar-refractivity contribution in [1.29, 1.82) is 0 Å². The zero-order valence-electron chi connectivity index (χ0n) is 10.8. The lowest BCUT2D eigenvalue weighted by molar-refractivity contribution is 0.185. The van der Waals surface area contributed by atoms with Crippen molar-refractivity contribution in [1.82, 2.24) is 9.97 Å². The van der Waals surface area contributed by atoms with Gasteiger partial charge in [0.15, 0.2) is 0 Å². The maximum Gasteiger partial charge on any atom is 0.223 e. The van der Waals surface area contributed by atoms with Gasteiger partial charge in [-0.15, -0.1) is 0 Å². The molecule has 2 heterocycles. The van der Waals surface area contributed by atoms with Crippen molar-refractivity contribution in [3.05, 3.63) is 6.07 Å². The summed E-state index contributed by atoms with van der Waals surface area (Å²) in [6.45, 7) is 5.50. The van der Waals surface area contributed by atoms with E-state index in [1.54, 1.807) is 0 Å². The van der Waals surface area contributed by atoms with E-state index in [1.165, 1.54) is 0 Å². The summed E-state index contributed by atoms with van der Waals surface area (Å²) in [5.74, 6) is 2.50. The van der Waals surface area contributed by atoms with Crippen LogP contribution in [0.25, 0.3) is 0 Å². The Bertz CT molecular complexity index is 379. The number of hydrogen-bond acceptors (Lipinski definition) is 6. The molecule has 1 fully saturated rings. The zero-order valence-corrected chi connectivity index (χ0v) is 10.8. The number of hydrogen-bond donors (Lipinski definition) is 3. The predicted molar refractivity (Wildman–Crippen MR) is 72.6 cm³/mol. The molecule has 18 heavy (non-hydrogen) atoms. The predicted octanol–water partition coefficient (Wildman–Crippen LogP) is 1.33. The maximum absolute atomic E-state index is 5.66. The van der Waals surface area contributed by atoms with E-state index in [2.05, 4.69) is 20.6 Å². The molecule has 1 aromatic heterocycles. The van der Waals surface area contributed by atoms with Gasteiger partial charge >= 0.3 is 0 Å². The van der Waals surface area contributed by atoms with Crippen LogP contribution in [-0.2, 0) is 4.74 Å². The number of nitrogens with zero attached hydrogens (tertiary/aromatic N) is 2. The largest absolute Gasteiger partial charge is 0.381 e. The first-order valence-corrected chi connectivity index (χ1v) is 6.48. The van der Waals surface area contributed by atoms with Crippen LogP contribution in [0.5, 0.6) is 0 Å². The lowest BCUT2D eigenvalue weighted by Crippen LogP contribution is -2.11. The van der Waals surface area contributed by atoms with Crippen molar-refractivity contribution in [3.63, 3.8) is 0 Å². The molecule has 4 N–H and O–H groups in total. The lowest BCUT2D eigenvalue weighted by atomic mass is 10.1. The van der Waals surface area contributed by atoms with Crippen LogP contribution in [0.3, 0.4) is 0 Å². The van der Waals surface area contributed by atoms with Crippen LogP contribution < -0.4 is 16.4 Å². The summed E-state index contributed by atoms with van der Waals surface area (Å²) >= 11 is 0. The fourth-order valence-corrected chi connectivity index (χ4v) is 2.04. The highest BCUT2D eigenvalue weighted by molar-refractivity contribution is 5.50. The Hall–Kier alpha value is -1.56. The quantitative estimate of drug-likeness (QED) is 0.707. The maximum atomic E-state index is 5.66. The fourth-order valence-electron chi connectivity index (χ4n) is 2.04. The molecular formula is C12H21N5O. The van der Waals surface area contributed by atoms with Crippen molar-refractivity contribution < 1.29 is 4.74 Å². The molecule has 1 aliphatic rings. The second-order valence-corrected chi connectivity index (χ2v) is 4.47. The molecular weight excluding hydrogens is 230 g/mol. The van der Waals surface area contributed by atoms with Gasteiger partial charge in [-0.1, -0.05) is 0 Å². The number of rotatable bonds is 6. The molecule has 0 spiro atoms. The van der Waals surface area contributed by atoms with Gasteiger partial charge in [-0.3, -0.25) is 0 Å². The Labute approximate surface area is 107 Å². The molecule has 0 aromatic carbocycles. The van der Waals surface area contributed by atoms with Crippen molar-refractivity contribution >= 4 is 17.6 Å². The van der Waals surface area contributed by atoms with Crippen molar-refractivity contribution in [2.75, 3.05) is 42.7 Å². The van der Waals surface area contributed by atoms with E-state index >= 15 is 0 Å². The van der Waals surface area contributed by atoms with Gasteiger partial charge in [-0.2, -0.15) is 9.97 Å². The van der Waals surface area contributed by atoms with Crippen LogP contribution in [-0.4, -0.2) is 36.3 Å². The number of anilines is 3. The highest BCUT2D eigenvalue weighted by Gasteiger charge is 2.14. The van der Waals surface area contributed by atoms with Crippen LogP contribution in [0, 0.1) is 5.92 Å². The van der Waals surface area contributed by atoms with E-state index in [4.69, 9.17) is 10.5 Å². The number of aromatic nitrogens is 2. The molecule has 0 radical (unpaired) electrons. The van der Waals surface area contributed by atoms with E-state index in [1.807, 2.05) is 13.0 Å². The van der Waals surface area contributed by atoms with Crippen LogP contribution in [0.2, 0.25) is 0 Å². The lowest BCUT2D eigenvalue weighted by Gasteiger charge is -2.11. The zero-order chi connectivity index (χ0) is 12.8. The number of ether oxygens (including phenoxy) is 1. The number of nitrogens with one attached hydrogen (secondary N) is 2. The van der Waals surface area contributed by atoms with E-state index < -0.39 is 0 Å². The van der Waals surface area contributed by atoms with E-state index in [0.29, 0.717) is 11.9 Å². The minimum atomic E-state index is 0.292. The number of nitrogen functional groups attached to an aromatic ring is 1. The van der Waals surface area contributed by atoms with Gasteiger partial charge in [0.1, 0.15) is 11.6 Å². The molecule has 2 rings (SSSR count). The topological polar surface area (TPSA) is 85.1 Å². The third kappa shape index (κ3) is 3.73. The van der Waals surface area contributed by atoms with Crippen LogP contribution >= 0.6 is 0 Å². The van der Waals surface area contributed by atoms with Crippen molar-refractivity contribution in [3.8, 4) is 0 Å². The van der Waals surface area contributed by atoms with Gasteiger partial charge in [0.2, 0.25) is 5.95 Å². The molecule has 1 atom stereocenters. The molecule has 0 aliphatic carbocycles. The second-order valence-electron chi connectivity index (χ2n) is 4.47. The average Bonchev–Trinajstić information content (AvgIpc) is 2.82. The van der Waals surface area contributed by atoms with Gasteiger partial charge in [0, 0.05) is 32.4 Å². The molecule has 100 valence electrons. The first kappa shape index (κ1) is 12.9. The molecule has 1 unspecified atom stereocenters. The molecule has 6 nitrogen and oxygen atoms in total. The standard InChI is InChI=1S/C12H21N5O/c1-2-14-10-7-11(17-12(13)16-10)15-5-3-9-4-6-18-8-9/h7,9H,2-6,8H2,1H3,(H4,13,14,15,16,17). The van der Waals surface area contributed by atoms with Gasteiger partial charge in [-0.25, -0.2) is 0 Å². The van der Waals surface area contributed by atoms with E-state index in [0.717, 1.165) is 50.8 Å². The Balaban J connectivity index is 1.83. The third-order valence-corrected chi connectivity index (χ3v) is 2.98. The summed E-state index contributed by atoms with van der Waals surface area (Å²) in [6, 6.07) is 1.88. The monoisotopic (exact) mass is 251 g/mol. The summed E-state index contributed by atoms with van der Waals surface area (Å²) in [5.41, 5.74) is 5.66. The summed E-state index contributed by atoms with van der Waals surface area (Å²) in [6.07, 6.45) is 2.26. The van der Waals surface area contributed by atoms with Crippen molar-refractivity contribution in [2.45, 2.75) is 19.8 Å². The molecule has 1 saturated heterocycles. The molecule has 6 heteroatoms. The molecule has 1 aliphatic heterocycles. The Morgan fingerprint density at radius 2 is 2.17 bits per heavy atom. The van der Waals surface area contributed by atoms with Crippen LogP contribution in [0.1, 0.15) is 19.8 Å². The Kier molecular flexibility index (Phi) is 4.58. The van der Waals surface area contributed by atoms with Crippen LogP contribution in [0.15, 0.2) is 6.07 Å². The number of nitrogens with two attached hydrogens (primary N) is 1. The Morgan fingerprint density at radius 3 is 2.83 bits per heavy atom. The van der Waals surface area contributed by atoms with Gasteiger partial charge in [0.25, 0.3) is 0 Å². The smallest absolute Gasteiger partial charge is 0.223 e. The highest BCUT2D eigenvalue weighted by atomic mass is 16.5. The van der Waals surface area contributed by atoms with Gasteiger partial charge in [0.05, 0.1) is 0 Å². The summed E-state index contributed by atoms with van der Waals surface area (Å²) in [4.78, 5) is 8.27. The molecule has 0 bridgehead atoms. The third-order valence-electron chi connectivity index (χ3n) is 2.98. The van der Waals surface area contributed by atoms with Gasteiger partial charge in [-0.05, 0) is 25.7 Å². The molecule has 0 amide bonds. The SMILES string of the molecule is CCNc1cc(NCCC2CCOC2)nc(N)n1. The van der Waals surface area contributed by atoms with Crippen LogP contribution in [0.4, 0.5) is 17.6 Å². The summed E-state index contributed by atoms with van der Waals surface area (Å²) in [5, 5.41) is 6.41. The summed E-state index contributed by atoms with van der Waals surface area (Å²) < 4.78 is 5.35. The van der Waals surface area contributed by atoms with Crippen molar-refractivity contribution in [2.24, 2.45) is 5.92 Å². The summed E-state index contributed by atoms with van der Waals surface area (Å²) in [7, 11) is 0. The highest BCUT2D eigenvalue weighted by Crippen LogP contribution is 2.17. The first-order chi connectivity index (χ1) is 8.78. The molecule has 1 aromatic rings.